The van der Waals surface area contributed by atoms with Gasteiger partial charge < -0.3 is 14.5 Å². The van der Waals surface area contributed by atoms with Crippen molar-refractivity contribution < 1.29 is 22.7 Å². The number of aromatic nitrogens is 4. The molecule has 1 fully saturated rings. The molecule has 164 valence electrons. The quantitative estimate of drug-likeness (QED) is 0.614. The van der Waals surface area contributed by atoms with Crippen molar-refractivity contribution in [2.75, 3.05) is 37.7 Å². The minimum Gasteiger partial charge on any atom is -0.367 e. The van der Waals surface area contributed by atoms with Gasteiger partial charge in [0.1, 0.15) is 12.4 Å². The summed E-state index contributed by atoms with van der Waals surface area (Å²) >= 11 is 0. The van der Waals surface area contributed by atoms with Crippen molar-refractivity contribution >= 4 is 17.4 Å². The van der Waals surface area contributed by atoms with E-state index < -0.39 is 12.0 Å². The highest BCUT2D eigenvalue weighted by molar-refractivity contribution is 5.77. The van der Waals surface area contributed by atoms with Crippen molar-refractivity contribution in [3.05, 3.63) is 53.9 Å². The predicted octanol–water partition coefficient (Wildman–Crippen LogP) is 2.40. The van der Waals surface area contributed by atoms with Gasteiger partial charge in [-0.2, -0.15) is 17.7 Å². The number of alkyl halides is 3. The zero-order chi connectivity index (χ0) is 21.8. The van der Waals surface area contributed by atoms with Gasteiger partial charge in [0, 0.05) is 26.2 Å². The van der Waals surface area contributed by atoms with Crippen LogP contribution >= 0.6 is 0 Å². The lowest BCUT2D eigenvalue weighted by atomic mass is 10.2. The molecule has 8 nitrogen and oxygen atoms in total. The molecule has 4 rings (SSSR count). The predicted molar refractivity (Wildman–Crippen MR) is 105 cm³/mol. The number of nitrogens with zero attached hydrogens (tertiary/aromatic N) is 6. The highest BCUT2D eigenvalue weighted by Crippen LogP contribution is 2.28. The average molecular weight is 434 g/mol. The van der Waals surface area contributed by atoms with Gasteiger partial charge in [-0.05, 0) is 24.1 Å². The fourth-order valence-electron chi connectivity index (χ4n) is 3.44. The lowest BCUT2D eigenvalue weighted by molar-refractivity contribution is -0.146. The Morgan fingerprint density at radius 1 is 1.00 bits per heavy atom. The summed E-state index contributed by atoms with van der Waals surface area (Å²) in [6.45, 7) is 2.34. The van der Waals surface area contributed by atoms with Gasteiger partial charge in [0.15, 0.2) is 5.65 Å². The van der Waals surface area contributed by atoms with Gasteiger partial charge in [-0.15, -0.1) is 15.3 Å². The highest BCUT2D eigenvalue weighted by Gasteiger charge is 2.37. The summed E-state index contributed by atoms with van der Waals surface area (Å²) in [5, 5.41) is 10.8. The van der Waals surface area contributed by atoms with E-state index in [-0.39, 0.29) is 18.2 Å². The van der Waals surface area contributed by atoms with Gasteiger partial charge in [-0.25, -0.2) is 0 Å². The van der Waals surface area contributed by atoms with Gasteiger partial charge >= 0.3 is 6.18 Å². The van der Waals surface area contributed by atoms with E-state index in [4.69, 9.17) is 4.74 Å². The van der Waals surface area contributed by atoms with Crippen LogP contribution in [-0.2, 0) is 22.3 Å². The largest absolute Gasteiger partial charge is 0.453 e. The maximum atomic E-state index is 13.1. The summed E-state index contributed by atoms with van der Waals surface area (Å²) in [7, 11) is 0. The van der Waals surface area contributed by atoms with Crippen molar-refractivity contribution in [2.24, 2.45) is 0 Å². The SMILES string of the molecule is O=C(COCc1ccccc1)N1CCCN(c2ccc3nnc(C(F)(F)F)n3n2)CC1. The van der Waals surface area contributed by atoms with Gasteiger partial charge in [0.25, 0.3) is 5.82 Å². The third-order valence-corrected chi connectivity index (χ3v) is 5.01. The van der Waals surface area contributed by atoms with Crippen molar-refractivity contribution in [1.82, 2.24) is 24.7 Å². The van der Waals surface area contributed by atoms with Crippen molar-refractivity contribution in [2.45, 2.75) is 19.2 Å². The van der Waals surface area contributed by atoms with Crippen LogP contribution in [0.25, 0.3) is 5.65 Å². The maximum Gasteiger partial charge on any atom is 0.453 e. The number of rotatable bonds is 5. The highest BCUT2D eigenvalue weighted by atomic mass is 19.4. The van der Waals surface area contributed by atoms with Crippen LogP contribution in [0.4, 0.5) is 19.0 Å². The number of hydrogen-bond donors (Lipinski definition) is 0. The first kappa shape index (κ1) is 21.0. The molecule has 1 aliphatic heterocycles. The lowest BCUT2D eigenvalue weighted by Gasteiger charge is -2.23. The first-order chi connectivity index (χ1) is 14.9. The third kappa shape index (κ3) is 4.93. The molecule has 1 amide bonds. The van der Waals surface area contributed by atoms with E-state index in [1.165, 1.54) is 6.07 Å². The Balaban J connectivity index is 1.37. The molecule has 1 aromatic carbocycles. The van der Waals surface area contributed by atoms with Crippen LogP contribution < -0.4 is 4.90 Å². The van der Waals surface area contributed by atoms with Crippen molar-refractivity contribution in [3.8, 4) is 0 Å². The number of ether oxygens (including phenoxy) is 1. The maximum absolute atomic E-state index is 13.1. The second-order valence-corrected chi connectivity index (χ2v) is 7.18. The molecule has 0 saturated carbocycles. The molecule has 31 heavy (non-hydrogen) atoms. The zero-order valence-corrected chi connectivity index (χ0v) is 16.6. The van der Waals surface area contributed by atoms with E-state index in [2.05, 4.69) is 15.3 Å². The van der Waals surface area contributed by atoms with E-state index in [9.17, 15) is 18.0 Å². The van der Waals surface area contributed by atoms with Crippen LogP contribution in [-0.4, -0.2) is 63.4 Å². The van der Waals surface area contributed by atoms with Crippen LogP contribution in [0.5, 0.6) is 0 Å². The van der Waals surface area contributed by atoms with Gasteiger partial charge in [-0.3, -0.25) is 4.79 Å². The molecule has 1 saturated heterocycles. The van der Waals surface area contributed by atoms with Crippen LogP contribution in [0.15, 0.2) is 42.5 Å². The molecule has 2 aromatic heterocycles. The van der Waals surface area contributed by atoms with Crippen molar-refractivity contribution in [3.63, 3.8) is 0 Å². The Hall–Kier alpha value is -3.21. The molecule has 0 N–H and O–H groups in total. The average Bonchev–Trinajstić information content (AvgIpc) is 3.03. The standard InChI is InChI=1S/C20H21F3N6O2/c21-20(22,23)19-25-24-16-7-8-17(26-29(16)19)27-9-4-10-28(12-11-27)18(30)14-31-13-15-5-2-1-3-6-15/h1-3,5-8H,4,9-14H2. The van der Waals surface area contributed by atoms with E-state index in [1.807, 2.05) is 35.2 Å². The fraction of sp³-hybridized carbons (Fsp3) is 0.400. The molecule has 3 heterocycles. The summed E-state index contributed by atoms with van der Waals surface area (Å²) in [6.07, 6.45) is -3.98. The van der Waals surface area contributed by atoms with Crippen molar-refractivity contribution in [1.29, 1.82) is 0 Å². The fourth-order valence-corrected chi connectivity index (χ4v) is 3.44. The summed E-state index contributed by atoms with van der Waals surface area (Å²) in [4.78, 5) is 16.1. The number of carbonyl (C=O) groups excluding carboxylic acids is 1. The summed E-state index contributed by atoms with van der Waals surface area (Å²) in [5.41, 5.74) is 1.02. The van der Waals surface area contributed by atoms with Gasteiger partial charge in [-0.1, -0.05) is 30.3 Å². The number of carbonyl (C=O) groups is 1. The summed E-state index contributed by atoms with van der Waals surface area (Å²) in [6, 6.07) is 12.7. The number of amides is 1. The van der Waals surface area contributed by atoms with Gasteiger partial charge in [0.2, 0.25) is 5.91 Å². The summed E-state index contributed by atoms with van der Waals surface area (Å²) in [5.74, 6) is -0.890. The second-order valence-electron chi connectivity index (χ2n) is 7.18. The first-order valence-corrected chi connectivity index (χ1v) is 9.86. The number of halogens is 3. The molecule has 0 unspecified atom stereocenters. The molecular weight excluding hydrogens is 413 g/mol. The Morgan fingerprint density at radius 2 is 1.81 bits per heavy atom. The molecule has 0 spiro atoms. The number of benzene rings is 1. The molecular formula is C20H21F3N6O2. The molecule has 0 aliphatic carbocycles. The molecule has 0 radical (unpaired) electrons. The van der Waals surface area contributed by atoms with E-state index in [0.29, 0.717) is 49.5 Å². The topological polar surface area (TPSA) is 75.9 Å². The van der Waals surface area contributed by atoms with E-state index >= 15 is 0 Å². The first-order valence-electron chi connectivity index (χ1n) is 9.86. The minimum absolute atomic E-state index is 0.0191. The van der Waals surface area contributed by atoms with Crippen LogP contribution in [0.3, 0.4) is 0 Å². The molecule has 3 aromatic rings. The van der Waals surface area contributed by atoms with Crippen LogP contribution in [0.1, 0.15) is 17.8 Å². The second kappa shape index (κ2) is 8.88. The van der Waals surface area contributed by atoms with Crippen LogP contribution in [0, 0.1) is 0 Å². The Bertz CT molecular complexity index is 1040. The molecule has 0 bridgehead atoms. The van der Waals surface area contributed by atoms with E-state index in [1.54, 1.807) is 11.0 Å². The zero-order valence-electron chi connectivity index (χ0n) is 16.6. The monoisotopic (exact) mass is 434 g/mol. The number of fused-ring (bicyclic) bond motifs is 1. The number of hydrogen-bond acceptors (Lipinski definition) is 6. The normalized spacial score (nSPS) is 15.3. The Kier molecular flexibility index (Phi) is 6.03. The Morgan fingerprint density at radius 3 is 2.58 bits per heavy atom. The van der Waals surface area contributed by atoms with E-state index in [0.717, 1.165) is 5.56 Å². The third-order valence-electron chi connectivity index (χ3n) is 5.01. The molecule has 1 aliphatic rings. The summed E-state index contributed by atoms with van der Waals surface area (Å²) < 4.78 is 45.6. The molecule has 11 heteroatoms. The molecule has 0 atom stereocenters. The lowest BCUT2D eigenvalue weighted by Crippen LogP contribution is -2.37. The number of anilines is 1. The smallest absolute Gasteiger partial charge is 0.367 e. The van der Waals surface area contributed by atoms with Gasteiger partial charge in [0.05, 0.1) is 6.61 Å². The van der Waals surface area contributed by atoms with Crippen LogP contribution in [0.2, 0.25) is 0 Å². The minimum atomic E-state index is -4.65. The Labute approximate surface area is 176 Å².